The zero-order chi connectivity index (χ0) is 10.6. The van der Waals surface area contributed by atoms with E-state index in [4.69, 9.17) is 5.73 Å². The van der Waals surface area contributed by atoms with Crippen molar-refractivity contribution in [3.63, 3.8) is 0 Å². The third-order valence-electron chi connectivity index (χ3n) is 2.83. The van der Waals surface area contributed by atoms with Crippen LogP contribution in [-0.4, -0.2) is 17.1 Å². The molecule has 0 aliphatic heterocycles. The highest BCUT2D eigenvalue weighted by atomic mass is 35.5. The average molecular weight is 250 g/mol. The highest BCUT2D eigenvalue weighted by Crippen LogP contribution is 2.16. The van der Waals surface area contributed by atoms with Crippen molar-refractivity contribution in [2.24, 2.45) is 11.7 Å². The van der Waals surface area contributed by atoms with Gasteiger partial charge in [-0.1, -0.05) is 13.8 Å². The predicted molar refractivity (Wildman–Crippen MR) is 68.5 cm³/mol. The Morgan fingerprint density at radius 3 is 2.67 bits per heavy atom. The van der Waals surface area contributed by atoms with Crippen molar-refractivity contribution in [1.82, 2.24) is 10.3 Å². The Morgan fingerprint density at radius 2 is 2.27 bits per heavy atom. The SMILES string of the molecule is CC(C)C(C)(CN)NCc1nccs1.Cl. The monoisotopic (exact) mass is 249 g/mol. The molecule has 0 aromatic carbocycles. The van der Waals surface area contributed by atoms with Gasteiger partial charge in [-0.2, -0.15) is 0 Å². The molecule has 0 spiro atoms. The van der Waals surface area contributed by atoms with Crippen LogP contribution in [0.3, 0.4) is 0 Å². The van der Waals surface area contributed by atoms with E-state index in [1.807, 2.05) is 11.6 Å². The number of nitrogens with one attached hydrogen (secondary N) is 1. The van der Waals surface area contributed by atoms with Crippen LogP contribution in [0.1, 0.15) is 25.8 Å². The molecule has 0 radical (unpaired) electrons. The van der Waals surface area contributed by atoms with E-state index in [2.05, 4.69) is 31.1 Å². The normalized spacial score (nSPS) is 14.7. The van der Waals surface area contributed by atoms with E-state index in [1.165, 1.54) is 0 Å². The summed E-state index contributed by atoms with van der Waals surface area (Å²) in [6, 6.07) is 0. The van der Waals surface area contributed by atoms with Gasteiger partial charge in [0.1, 0.15) is 5.01 Å². The van der Waals surface area contributed by atoms with E-state index < -0.39 is 0 Å². The van der Waals surface area contributed by atoms with Gasteiger partial charge in [0, 0.05) is 30.2 Å². The van der Waals surface area contributed by atoms with E-state index in [0.717, 1.165) is 11.6 Å². The maximum atomic E-state index is 5.77. The summed E-state index contributed by atoms with van der Waals surface area (Å²) >= 11 is 1.67. The molecule has 0 amide bonds. The number of nitrogens with zero attached hydrogens (tertiary/aromatic N) is 1. The summed E-state index contributed by atoms with van der Waals surface area (Å²) in [6.45, 7) is 7.98. The molecule has 0 aliphatic carbocycles. The summed E-state index contributed by atoms with van der Waals surface area (Å²) in [5.41, 5.74) is 5.77. The summed E-state index contributed by atoms with van der Waals surface area (Å²) in [5.74, 6) is 0.521. The highest BCUT2D eigenvalue weighted by Gasteiger charge is 2.25. The lowest BCUT2D eigenvalue weighted by Crippen LogP contribution is -2.52. The van der Waals surface area contributed by atoms with E-state index in [1.54, 1.807) is 11.3 Å². The lowest BCUT2D eigenvalue weighted by Gasteiger charge is -2.33. The van der Waals surface area contributed by atoms with Gasteiger partial charge in [0.05, 0.1) is 0 Å². The molecule has 5 heteroatoms. The van der Waals surface area contributed by atoms with Gasteiger partial charge >= 0.3 is 0 Å². The molecule has 0 aliphatic rings. The fourth-order valence-corrected chi connectivity index (χ4v) is 1.69. The molecule has 1 rings (SSSR count). The second kappa shape index (κ2) is 6.43. The van der Waals surface area contributed by atoms with Gasteiger partial charge < -0.3 is 11.1 Å². The summed E-state index contributed by atoms with van der Waals surface area (Å²) in [7, 11) is 0. The maximum Gasteiger partial charge on any atom is 0.106 e. The van der Waals surface area contributed by atoms with E-state index in [-0.39, 0.29) is 17.9 Å². The van der Waals surface area contributed by atoms with Crippen LogP contribution in [0.4, 0.5) is 0 Å². The smallest absolute Gasteiger partial charge is 0.106 e. The molecule has 1 unspecified atom stereocenters. The van der Waals surface area contributed by atoms with Crippen molar-refractivity contribution in [3.8, 4) is 0 Å². The van der Waals surface area contributed by atoms with Crippen LogP contribution in [0.2, 0.25) is 0 Å². The first-order valence-corrected chi connectivity index (χ1v) is 5.80. The Bertz CT molecular complexity index is 264. The Hall–Kier alpha value is -0.160. The zero-order valence-corrected chi connectivity index (χ0v) is 11.1. The fourth-order valence-electron chi connectivity index (χ4n) is 1.13. The number of halogens is 1. The molecule has 0 fully saturated rings. The molecule has 3 N–H and O–H groups in total. The largest absolute Gasteiger partial charge is 0.329 e. The first kappa shape index (κ1) is 14.8. The first-order valence-electron chi connectivity index (χ1n) is 4.92. The summed E-state index contributed by atoms with van der Waals surface area (Å²) in [6.07, 6.45) is 1.83. The second-order valence-electron chi connectivity index (χ2n) is 4.06. The summed E-state index contributed by atoms with van der Waals surface area (Å²) < 4.78 is 0. The van der Waals surface area contributed by atoms with Crippen LogP contribution in [-0.2, 0) is 6.54 Å². The predicted octanol–water partition coefficient (Wildman–Crippen LogP) is 2.03. The number of aromatic nitrogens is 1. The molecule has 3 nitrogen and oxygen atoms in total. The minimum atomic E-state index is 0. The van der Waals surface area contributed by atoms with Crippen LogP contribution in [0.5, 0.6) is 0 Å². The van der Waals surface area contributed by atoms with Crippen molar-refractivity contribution in [3.05, 3.63) is 16.6 Å². The van der Waals surface area contributed by atoms with Crippen LogP contribution in [0.15, 0.2) is 11.6 Å². The number of hydrogen-bond acceptors (Lipinski definition) is 4. The van der Waals surface area contributed by atoms with Crippen molar-refractivity contribution in [2.45, 2.75) is 32.9 Å². The summed E-state index contributed by atoms with van der Waals surface area (Å²) in [4.78, 5) is 4.23. The molecule has 0 saturated carbocycles. The van der Waals surface area contributed by atoms with Gasteiger partial charge in [-0.3, -0.25) is 0 Å². The van der Waals surface area contributed by atoms with Crippen LogP contribution in [0, 0.1) is 5.92 Å². The van der Waals surface area contributed by atoms with Crippen molar-refractivity contribution in [1.29, 1.82) is 0 Å². The van der Waals surface area contributed by atoms with Crippen molar-refractivity contribution in [2.75, 3.05) is 6.54 Å². The lowest BCUT2D eigenvalue weighted by molar-refractivity contribution is 0.267. The molecule has 1 aromatic rings. The molecule has 15 heavy (non-hydrogen) atoms. The van der Waals surface area contributed by atoms with E-state index in [9.17, 15) is 0 Å². The van der Waals surface area contributed by atoms with E-state index in [0.29, 0.717) is 12.5 Å². The van der Waals surface area contributed by atoms with Gasteiger partial charge in [0.25, 0.3) is 0 Å². The molecular formula is C10H20ClN3S. The van der Waals surface area contributed by atoms with E-state index >= 15 is 0 Å². The number of nitrogens with two attached hydrogens (primary N) is 1. The summed E-state index contributed by atoms with van der Waals surface area (Å²) in [5, 5.41) is 6.58. The van der Waals surface area contributed by atoms with Crippen LogP contribution in [0.25, 0.3) is 0 Å². The minimum absolute atomic E-state index is 0. The standard InChI is InChI=1S/C10H19N3S.ClH/c1-8(2)10(3,7-11)13-6-9-12-4-5-14-9;/h4-5,8,13H,6-7,11H2,1-3H3;1H. The number of hydrogen-bond donors (Lipinski definition) is 2. The quantitative estimate of drug-likeness (QED) is 0.840. The zero-order valence-electron chi connectivity index (χ0n) is 9.49. The van der Waals surface area contributed by atoms with Crippen LogP contribution < -0.4 is 11.1 Å². The Kier molecular flexibility index (Phi) is 6.36. The number of thiazole rings is 1. The Balaban J connectivity index is 0.00000196. The first-order chi connectivity index (χ1) is 6.58. The molecule has 0 bridgehead atoms. The molecule has 0 saturated heterocycles. The number of rotatable bonds is 5. The molecule has 1 heterocycles. The van der Waals surface area contributed by atoms with Gasteiger partial charge in [0.15, 0.2) is 0 Å². The molecule has 1 atom stereocenters. The van der Waals surface area contributed by atoms with Gasteiger partial charge in [0.2, 0.25) is 0 Å². The van der Waals surface area contributed by atoms with Gasteiger partial charge in [-0.25, -0.2) is 4.98 Å². The van der Waals surface area contributed by atoms with Gasteiger partial charge in [-0.05, 0) is 12.8 Å². The van der Waals surface area contributed by atoms with Crippen LogP contribution >= 0.6 is 23.7 Å². The van der Waals surface area contributed by atoms with Crippen molar-refractivity contribution < 1.29 is 0 Å². The fraction of sp³-hybridized carbons (Fsp3) is 0.700. The third kappa shape index (κ3) is 4.07. The lowest BCUT2D eigenvalue weighted by atomic mass is 9.88. The van der Waals surface area contributed by atoms with Crippen molar-refractivity contribution >= 4 is 23.7 Å². The Labute approximate surface area is 102 Å². The maximum absolute atomic E-state index is 5.77. The molecule has 88 valence electrons. The molecule has 1 aromatic heterocycles. The van der Waals surface area contributed by atoms with Gasteiger partial charge in [-0.15, -0.1) is 23.7 Å². The average Bonchev–Trinajstić information content (AvgIpc) is 2.66. The molecular weight excluding hydrogens is 230 g/mol. The second-order valence-corrected chi connectivity index (χ2v) is 5.03. The topological polar surface area (TPSA) is 50.9 Å². The Morgan fingerprint density at radius 1 is 1.60 bits per heavy atom. The third-order valence-corrected chi connectivity index (χ3v) is 3.60. The highest BCUT2D eigenvalue weighted by molar-refractivity contribution is 7.09. The minimum Gasteiger partial charge on any atom is -0.329 e.